The predicted molar refractivity (Wildman–Crippen MR) is 60.6 cm³/mol. The fourth-order valence-corrected chi connectivity index (χ4v) is 1.41. The van der Waals surface area contributed by atoms with Crippen LogP contribution in [0.15, 0.2) is 34.9 Å². The number of aromatic nitrogens is 2. The number of nitrogens with two attached hydrogens (primary N) is 1. The maximum atomic E-state index is 13.0. The Balaban J connectivity index is 2.30. The average Bonchev–Trinajstić information content (AvgIpc) is 2.24. The van der Waals surface area contributed by atoms with E-state index in [9.17, 15) is 4.39 Å². The topological polar surface area (TPSA) is 61.0 Å². The summed E-state index contributed by atoms with van der Waals surface area (Å²) in [6.45, 7) is 0. The zero-order valence-electron chi connectivity index (χ0n) is 8.02. The molecule has 0 unspecified atom stereocenters. The maximum absolute atomic E-state index is 13.0. The van der Waals surface area contributed by atoms with E-state index >= 15 is 0 Å². The van der Waals surface area contributed by atoms with Crippen molar-refractivity contribution >= 4 is 21.9 Å². The Morgan fingerprint density at radius 2 is 2.12 bits per heavy atom. The van der Waals surface area contributed by atoms with Gasteiger partial charge in [-0.2, -0.15) is 4.98 Å². The number of anilines is 1. The summed E-state index contributed by atoms with van der Waals surface area (Å²) in [6, 6.07) is 5.66. The number of ether oxygens (including phenoxy) is 1. The van der Waals surface area contributed by atoms with E-state index in [-0.39, 0.29) is 17.6 Å². The Morgan fingerprint density at radius 3 is 2.88 bits per heavy atom. The van der Waals surface area contributed by atoms with E-state index in [0.717, 1.165) is 0 Å². The lowest BCUT2D eigenvalue weighted by Gasteiger charge is -2.06. The van der Waals surface area contributed by atoms with Crippen LogP contribution in [0.1, 0.15) is 0 Å². The van der Waals surface area contributed by atoms with E-state index in [1.165, 1.54) is 24.4 Å². The van der Waals surface area contributed by atoms with Crippen molar-refractivity contribution in [2.75, 3.05) is 5.73 Å². The van der Waals surface area contributed by atoms with Crippen LogP contribution in [0.5, 0.6) is 11.6 Å². The Kier molecular flexibility index (Phi) is 3.00. The molecule has 1 aromatic heterocycles. The Hall–Kier alpha value is -1.69. The Morgan fingerprint density at radius 1 is 1.31 bits per heavy atom. The third-order valence-electron chi connectivity index (χ3n) is 1.76. The van der Waals surface area contributed by atoms with Crippen molar-refractivity contribution < 1.29 is 9.13 Å². The Bertz CT molecular complexity index is 521. The molecule has 0 amide bonds. The number of nitrogens with zero attached hydrogens (tertiary/aromatic N) is 2. The predicted octanol–water partition coefficient (Wildman–Crippen LogP) is 2.75. The van der Waals surface area contributed by atoms with Gasteiger partial charge >= 0.3 is 0 Å². The number of benzene rings is 1. The summed E-state index contributed by atoms with van der Waals surface area (Å²) in [5.74, 6) is 0.308. The smallest absolute Gasteiger partial charge is 0.224 e. The van der Waals surface area contributed by atoms with Gasteiger partial charge in [-0.1, -0.05) is 0 Å². The summed E-state index contributed by atoms with van der Waals surface area (Å²) in [7, 11) is 0. The van der Waals surface area contributed by atoms with E-state index < -0.39 is 0 Å². The molecule has 2 aromatic rings. The monoisotopic (exact) mass is 283 g/mol. The molecule has 2 rings (SSSR count). The van der Waals surface area contributed by atoms with Gasteiger partial charge in [-0.3, -0.25) is 0 Å². The highest BCUT2D eigenvalue weighted by molar-refractivity contribution is 9.10. The van der Waals surface area contributed by atoms with Crippen LogP contribution in [0.25, 0.3) is 0 Å². The number of rotatable bonds is 2. The second kappa shape index (κ2) is 4.44. The van der Waals surface area contributed by atoms with Gasteiger partial charge in [-0.15, -0.1) is 0 Å². The minimum atomic E-state index is -0.389. The van der Waals surface area contributed by atoms with Gasteiger partial charge in [0, 0.05) is 18.3 Å². The molecule has 0 atom stereocenters. The lowest BCUT2D eigenvalue weighted by Crippen LogP contribution is -1.96. The van der Waals surface area contributed by atoms with Crippen molar-refractivity contribution in [3.05, 3.63) is 40.8 Å². The highest BCUT2D eigenvalue weighted by Gasteiger charge is 2.05. The van der Waals surface area contributed by atoms with E-state index in [0.29, 0.717) is 10.2 Å². The van der Waals surface area contributed by atoms with Crippen molar-refractivity contribution in [3.8, 4) is 11.6 Å². The second-order valence-electron chi connectivity index (χ2n) is 2.93. The molecule has 6 heteroatoms. The van der Waals surface area contributed by atoms with Gasteiger partial charge in [0.05, 0.1) is 4.47 Å². The van der Waals surface area contributed by atoms with Gasteiger partial charge < -0.3 is 10.5 Å². The molecule has 0 aliphatic heterocycles. The largest absolute Gasteiger partial charge is 0.438 e. The summed E-state index contributed by atoms with van der Waals surface area (Å²) in [5, 5.41) is 0. The molecule has 0 saturated heterocycles. The molecule has 1 aromatic carbocycles. The van der Waals surface area contributed by atoms with Crippen molar-refractivity contribution in [2.24, 2.45) is 0 Å². The van der Waals surface area contributed by atoms with Crippen molar-refractivity contribution in [2.45, 2.75) is 0 Å². The SMILES string of the molecule is Nc1nccc(Oc2cc(F)ccc2Br)n1. The van der Waals surface area contributed by atoms with E-state index in [4.69, 9.17) is 10.5 Å². The first-order chi connectivity index (χ1) is 7.65. The van der Waals surface area contributed by atoms with Crippen LogP contribution in [0.2, 0.25) is 0 Å². The van der Waals surface area contributed by atoms with Crippen LogP contribution in [0.3, 0.4) is 0 Å². The van der Waals surface area contributed by atoms with Gasteiger partial charge in [0.1, 0.15) is 11.6 Å². The first-order valence-corrected chi connectivity index (χ1v) is 5.16. The van der Waals surface area contributed by atoms with E-state index in [1.54, 1.807) is 6.07 Å². The van der Waals surface area contributed by atoms with Crippen LogP contribution in [-0.4, -0.2) is 9.97 Å². The molecule has 0 spiro atoms. The highest BCUT2D eigenvalue weighted by atomic mass is 79.9. The molecular formula is C10H7BrFN3O. The van der Waals surface area contributed by atoms with E-state index in [1.807, 2.05) is 0 Å². The molecular weight excluding hydrogens is 277 g/mol. The lowest BCUT2D eigenvalue weighted by molar-refractivity contribution is 0.455. The molecule has 16 heavy (non-hydrogen) atoms. The molecule has 0 fully saturated rings. The minimum Gasteiger partial charge on any atom is -0.438 e. The first kappa shape index (κ1) is 10.8. The molecule has 1 heterocycles. The van der Waals surface area contributed by atoms with Gasteiger partial charge in [0.15, 0.2) is 0 Å². The van der Waals surface area contributed by atoms with Gasteiger partial charge in [0.2, 0.25) is 11.8 Å². The summed E-state index contributed by atoms with van der Waals surface area (Å²) in [5.41, 5.74) is 5.39. The number of hydrogen-bond donors (Lipinski definition) is 1. The molecule has 4 nitrogen and oxygen atoms in total. The number of nitrogen functional groups attached to an aromatic ring is 1. The number of halogens is 2. The molecule has 0 aliphatic rings. The molecule has 2 N–H and O–H groups in total. The van der Waals surface area contributed by atoms with Crippen LogP contribution in [-0.2, 0) is 0 Å². The quantitative estimate of drug-likeness (QED) is 0.921. The molecule has 0 aliphatic carbocycles. The van der Waals surface area contributed by atoms with Crippen LogP contribution < -0.4 is 10.5 Å². The molecule has 0 saturated carbocycles. The maximum Gasteiger partial charge on any atom is 0.224 e. The Labute approximate surface area is 99.4 Å². The summed E-state index contributed by atoms with van der Waals surface area (Å²) in [6.07, 6.45) is 1.46. The first-order valence-electron chi connectivity index (χ1n) is 4.36. The van der Waals surface area contributed by atoms with Crippen molar-refractivity contribution in [3.63, 3.8) is 0 Å². The van der Waals surface area contributed by atoms with Crippen molar-refractivity contribution in [1.82, 2.24) is 9.97 Å². The van der Waals surface area contributed by atoms with Crippen LogP contribution >= 0.6 is 15.9 Å². The van der Waals surface area contributed by atoms with E-state index in [2.05, 4.69) is 25.9 Å². The zero-order chi connectivity index (χ0) is 11.5. The van der Waals surface area contributed by atoms with Crippen LogP contribution in [0, 0.1) is 5.82 Å². The fourth-order valence-electron chi connectivity index (χ4n) is 1.08. The summed E-state index contributed by atoms with van der Waals surface area (Å²) < 4.78 is 19.0. The second-order valence-corrected chi connectivity index (χ2v) is 3.78. The highest BCUT2D eigenvalue weighted by Crippen LogP contribution is 2.29. The normalized spacial score (nSPS) is 10.1. The summed E-state index contributed by atoms with van der Waals surface area (Å²) in [4.78, 5) is 7.56. The van der Waals surface area contributed by atoms with Gasteiger partial charge in [0.25, 0.3) is 0 Å². The third kappa shape index (κ3) is 2.46. The summed E-state index contributed by atoms with van der Waals surface area (Å²) >= 11 is 3.24. The molecule has 0 radical (unpaired) electrons. The van der Waals surface area contributed by atoms with Crippen molar-refractivity contribution in [1.29, 1.82) is 0 Å². The third-order valence-corrected chi connectivity index (χ3v) is 2.41. The van der Waals surface area contributed by atoms with Crippen LogP contribution in [0.4, 0.5) is 10.3 Å². The molecule has 82 valence electrons. The zero-order valence-corrected chi connectivity index (χ0v) is 9.61. The minimum absolute atomic E-state index is 0.102. The lowest BCUT2D eigenvalue weighted by atomic mass is 10.3. The number of hydrogen-bond acceptors (Lipinski definition) is 4. The average molecular weight is 284 g/mol. The fraction of sp³-hybridized carbons (Fsp3) is 0. The molecule has 0 bridgehead atoms. The van der Waals surface area contributed by atoms with Gasteiger partial charge in [-0.05, 0) is 28.1 Å². The van der Waals surface area contributed by atoms with Gasteiger partial charge in [-0.25, -0.2) is 9.37 Å². The standard InChI is InChI=1S/C10H7BrFN3O/c11-7-2-1-6(12)5-8(7)16-9-3-4-14-10(13)15-9/h1-5H,(H2,13,14,15).